The third-order valence-electron chi connectivity index (χ3n) is 4.30. The van der Waals surface area contributed by atoms with Crippen molar-refractivity contribution in [2.75, 3.05) is 7.05 Å². The average Bonchev–Trinajstić information content (AvgIpc) is 3.11. The number of halogens is 1. The van der Waals surface area contributed by atoms with E-state index in [0.29, 0.717) is 0 Å². The summed E-state index contributed by atoms with van der Waals surface area (Å²) in [6.45, 7) is 0. The topological polar surface area (TPSA) is 31.4 Å². The lowest BCUT2D eigenvalue weighted by molar-refractivity contribution is 0.467. The van der Waals surface area contributed by atoms with Gasteiger partial charge in [0.05, 0.1) is 10.7 Å². The molecule has 1 aromatic heterocycles. The molecular weight excluding hydrogens is 314 g/mol. The van der Waals surface area contributed by atoms with E-state index in [0.717, 1.165) is 26.7 Å². The van der Waals surface area contributed by atoms with Crippen molar-refractivity contribution in [3.63, 3.8) is 0 Å². The van der Waals surface area contributed by atoms with Crippen LogP contribution in [0.4, 0.5) is 0 Å². The number of benzene rings is 1. The predicted octanol–water partition coefficient (Wildman–Crippen LogP) is 5.34. The number of rotatable bonds is 1. The highest BCUT2D eigenvalue weighted by Crippen LogP contribution is 2.39. The third-order valence-corrected chi connectivity index (χ3v) is 5.78. The van der Waals surface area contributed by atoms with E-state index in [1.807, 2.05) is 23.2 Å². The summed E-state index contributed by atoms with van der Waals surface area (Å²) in [4.78, 5) is 3.45. The molecular formula is C17H18ClN3S. The fraction of sp³-hybridized carbons (Fsp3) is 0.353. The Kier molecular flexibility index (Phi) is 3.66. The number of aromatic nitrogens is 1. The fourth-order valence-electron chi connectivity index (χ4n) is 3.18. The lowest BCUT2D eigenvalue weighted by atomic mass is 9.96. The number of nitrogens with one attached hydrogen (secondary N) is 1. The number of fused-ring (bicyclic) bond motifs is 1. The monoisotopic (exact) mass is 331 g/mol. The quantitative estimate of drug-likeness (QED) is 0.765. The molecule has 1 fully saturated rings. The van der Waals surface area contributed by atoms with E-state index >= 15 is 0 Å². The van der Waals surface area contributed by atoms with E-state index in [9.17, 15) is 0 Å². The van der Waals surface area contributed by atoms with E-state index in [4.69, 9.17) is 16.7 Å². The Labute approximate surface area is 139 Å². The first-order valence-corrected chi connectivity index (χ1v) is 8.91. The summed E-state index contributed by atoms with van der Waals surface area (Å²) in [5.74, 6) is 0. The Morgan fingerprint density at radius 3 is 2.82 bits per heavy atom. The number of hydrogen-bond donors (Lipinski definition) is 1. The minimum absolute atomic E-state index is 0.765. The molecule has 0 bridgehead atoms. The van der Waals surface area contributed by atoms with Gasteiger partial charge in [-0.3, -0.25) is 5.01 Å². The number of H-pyrrole nitrogens is 1. The summed E-state index contributed by atoms with van der Waals surface area (Å²) < 4.78 is 0. The Bertz CT molecular complexity index is 782. The maximum absolute atomic E-state index is 6.07. The number of hydrazone groups is 1. The van der Waals surface area contributed by atoms with Crippen molar-refractivity contribution in [1.29, 1.82) is 0 Å². The van der Waals surface area contributed by atoms with Crippen molar-refractivity contribution in [2.24, 2.45) is 5.10 Å². The van der Waals surface area contributed by atoms with Crippen LogP contribution in [-0.4, -0.2) is 22.1 Å². The zero-order chi connectivity index (χ0) is 15.1. The van der Waals surface area contributed by atoms with Crippen LogP contribution >= 0.6 is 23.4 Å². The minimum Gasteiger partial charge on any atom is -0.353 e. The molecule has 4 rings (SSSR count). The van der Waals surface area contributed by atoms with Crippen LogP contribution < -0.4 is 0 Å². The van der Waals surface area contributed by atoms with E-state index in [2.05, 4.69) is 18.1 Å². The normalized spacial score (nSPS) is 19.2. The van der Waals surface area contributed by atoms with Crippen LogP contribution in [0.25, 0.3) is 10.9 Å². The second-order valence-electron chi connectivity index (χ2n) is 5.91. The van der Waals surface area contributed by atoms with Gasteiger partial charge in [0, 0.05) is 23.0 Å². The molecule has 1 aromatic carbocycles. The number of thioether (sulfide) groups is 1. The SMILES string of the molecule is CN1N=C(c2cc3cc(Cl)ccc3[nH]2)SC1=C1CCCCC1. The molecule has 1 aliphatic carbocycles. The molecule has 2 aromatic rings. The predicted molar refractivity (Wildman–Crippen MR) is 95.3 cm³/mol. The van der Waals surface area contributed by atoms with Crippen LogP contribution in [-0.2, 0) is 0 Å². The Hall–Kier alpha value is -1.39. The molecule has 3 nitrogen and oxygen atoms in total. The van der Waals surface area contributed by atoms with Crippen molar-refractivity contribution in [2.45, 2.75) is 32.1 Å². The zero-order valence-corrected chi connectivity index (χ0v) is 14.1. The second-order valence-corrected chi connectivity index (χ2v) is 7.33. The summed E-state index contributed by atoms with van der Waals surface area (Å²) >= 11 is 7.86. The zero-order valence-electron chi connectivity index (χ0n) is 12.5. The van der Waals surface area contributed by atoms with Crippen molar-refractivity contribution in [3.05, 3.63) is 45.6 Å². The first kappa shape index (κ1) is 14.2. The van der Waals surface area contributed by atoms with Gasteiger partial charge in [0.2, 0.25) is 0 Å². The van der Waals surface area contributed by atoms with Crippen molar-refractivity contribution in [3.8, 4) is 0 Å². The van der Waals surface area contributed by atoms with Crippen LogP contribution in [0, 0.1) is 0 Å². The summed E-state index contributed by atoms with van der Waals surface area (Å²) in [5.41, 5.74) is 3.74. The molecule has 0 spiro atoms. The van der Waals surface area contributed by atoms with Gasteiger partial charge >= 0.3 is 0 Å². The van der Waals surface area contributed by atoms with Crippen molar-refractivity contribution < 1.29 is 0 Å². The molecule has 1 N–H and O–H groups in total. The lowest BCUT2D eigenvalue weighted by Crippen LogP contribution is -2.07. The van der Waals surface area contributed by atoms with Gasteiger partial charge in [-0.2, -0.15) is 5.10 Å². The number of aromatic amines is 1. The smallest absolute Gasteiger partial charge is 0.146 e. The molecule has 22 heavy (non-hydrogen) atoms. The minimum atomic E-state index is 0.765. The van der Waals surface area contributed by atoms with Crippen LogP contribution in [0.5, 0.6) is 0 Å². The molecule has 1 aliphatic heterocycles. The first-order chi connectivity index (χ1) is 10.7. The Morgan fingerprint density at radius 1 is 1.18 bits per heavy atom. The van der Waals surface area contributed by atoms with Crippen LogP contribution in [0.15, 0.2) is 40.0 Å². The highest BCUT2D eigenvalue weighted by atomic mass is 35.5. The Morgan fingerprint density at radius 2 is 2.00 bits per heavy atom. The average molecular weight is 332 g/mol. The van der Waals surface area contributed by atoms with Crippen LogP contribution in [0.1, 0.15) is 37.8 Å². The van der Waals surface area contributed by atoms with E-state index < -0.39 is 0 Å². The van der Waals surface area contributed by atoms with Gasteiger partial charge in [-0.25, -0.2) is 0 Å². The van der Waals surface area contributed by atoms with Crippen LogP contribution in [0.2, 0.25) is 5.02 Å². The number of allylic oxidation sites excluding steroid dienone is 1. The lowest BCUT2D eigenvalue weighted by Gasteiger charge is -2.19. The maximum atomic E-state index is 6.07. The fourth-order valence-corrected chi connectivity index (χ4v) is 4.45. The summed E-state index contributed by atoms with van der Waals surface area (Å²) in [5, 5.41) is 11.0. The highest BCUT2D eigenvalue weighted by Gasteiger charge is 2.25. The molecule has 0 radical (unpaired) electrons. The Balaban J connectivity index is 1.66. The van der Waals surface area contributed by atoms with E-state index in [-0.39, 0.29) is 0 Å². The van der Waals surface area contributed by atoms with Gasteiger partial charge in [0.1, 0.15) is 5.04 Å². The van der Waals surface area contributed by atoms with Gasteiger partial charge in [0.15, 0.2) is 0 Å². The number of nitrogens with zero attached hydrogens (tertiary/aromatic N) is 2. The maximum Gasteiger partial charge on any atom is 0.146 e. The molecule has 2 aliphatic rings. The summed E-state index contributed by atoms with van der Waals surface area (Å²) in [6, 6.07) is 8.05. The van der Waals surface area contributed by atoms with Gasteiger partial charge in [-0.15, -0.1) is 0 Å². The standard InChI is InChI=1S/C17H18ClN3S/c1-21-17(11-5-3-2-4-6-11)22-16(20-21)15-10-12-9-13(18)7-8-14(12)19-15/h7-10,19H,2-6H2,1H3. The number of hydrogen-bond acceptors (Lipinski definition) is 3. The molecule has 0 saturated heterocycles. The molecule has 0 amide bonds. The van der Waals surface area contributed by atoms with Crippen LogP contribution in [0.3, 0.4) is 0 Å². The summed E-state index contributed by atoms with van der Waals surface area (Å²) in [7, 11) is 2.05. The first-order valence-electron chi connectivity index (χ1n) is 7.71. The molecule has 1 saturated carbocycles. The van der Waals surface area contributed by atoms with E-state index in [1.165, 1.54) is 37.1 Å². The van der Waals surface area contributed by atoms with Gasteiger partial charge in [0.25, 0.3) is 0 Å². The molecule has 0 unspecified atom stereocenters. The van der Waals surface area contributed by atoms with Crippen molar-refractivity contribution in [1.82, 2.24) is 9.99 Å². The van der Waals surface area contributed by atoms with Crippen molar-refractivity contribution >= 4 is 39.3 Å². The molecule has 0 atom stereocenters. The summed E-state index contributed by atoms with van der Waals surface area (Å²) in [6.07, 6.45) is 6.43. The largest absolute Gasteiger partial charge is 0.353 e. The second kappa shape index (κ2) is 5.67. The molecule has 5 heteroatoms. The van der Waals surface area contributed by atoms with E-state index in [1.54, 1.807) is 17.3 Å². The third kappa shape index (κ3) is 2.55. The van der Waals surface area contributed by atoms with Gasteiger partial charge < -0.3 is 4.98 Å². The van der Waals surface area contributed by atoms with Gasteiger partial charge in [-0.1, -0.05) is 18.0 Å². The molecule has 114 valence electrons. The highest BCUT2D eigenvalue weighted by molar-refractivity contribution is 8.17. The van der Waals surface area contributed by atoms with Gasteiger partial charge in [-0.05, 0) is 67.3 Å². The molecule has 2 heterocycles.